The Morgan fingerprint density at radius 3 is 2.55 bits per heavy atom. The lowest BCUT2D eigenvalue weighted by Gasteiger charge is -2.19. The molecule has 0 aliphatic carbocycles. The van der Waals surface area contributed by atoms with Gasteiger partial charge in [0.2, 0.25) is 0 Å². The van der Waals surface area contributed by atoms with Gasteiger partial charge in [-0.05, 0) is 33.0 Å². The molecule has 0 amide bonds. The second kappa shape index (κ2) is 4.70. The molecule has 11 heavy (non-hydrogen) atoms. The van der Waals surface area contributed by atoms with E-state index in [9.17, 15) is 0 Å². The highest BCUT2D eigenvalue weighted by atomic mass is 15.2. The molecule has 0 aromatic carbocycles. The van der Waals surface area contributed by atoms with Crippen molar-refractivity contribution in [1.29, 1.82) is 0 Å². The topological polar surface area (TPSA) is 32.5 Å². The smallest absolute Gasteiger partial charge is 0.0452 e. The van der Waals surface area contributed by atoms with Crippen LogP contribution in [0.2, 0.25) is 0 Å². The summed E-state index contributed by atoms with van der Waals surface area (Å²) in [5.41, 5.74) is 5.46. The largest absolute Gasteiger partial charge is 0.318 e. The Morgan fingerprint density at radius 1 is 1.36 bits per heavy atom. The molecule has 0 aromatic rings. The lowest BCUT2D eigenvalue weighted by molar-refractivity contribution is 0.261. The third-order valence-corrected chi connectivity index (χ3v) is 2.31. The Hall–Kier alpha value is -0.120. The molecule has 1 fully saturated rings. The van der Waals surface area contributed by atoms with E-state index in [-0.39, 0.29) is 0 Å². The van der Waals surface area contributed by atoms with Crippen LogP contribution in [0.25, 0.3) is 0 Å². The van der Waals surface area contributed by atoms with Gasteiger partial charge in [-0.15, -0.1) is 0 Å². The van der Waals surface area contributed by atoms with Crippen molar-refractivity contribution < 1.29 is 0 Å². The summed E-state index contributed by atoms with van der Waals surface area (Å²) in [5, 5.41) is 0. The number of hydrogen-bond acceptors (Lipinski definition) is 3. The standard InChI is InChI=1S/C8H19N3/c1-10(8-9)6-7-11-4-2-3-5-11/h2-9H2,1H3. The second-order valence-corrected chi connectivity index (χ2v) is 3.31. The van der Waals surface area contributed by atoms with Gasteiger partial charge < -0.3 is 10.6 Å². The predicted octanol–water partition coefficient (Wildman–Crippen LogP) is -0.0698. The highest BCUT2D eigenvalue weighted by Crippen LogP contribution is 2.05. The van der Waals surface area contributed by atoms with E-state index in [0.29, 0.717) is 6.67 Å². The molecule has 0 aromatic heterocycles. The lowest BCUT2D eigenvalue weighted by atomic mass is 10.4. The molecule has 3 nitrogen and oxygen atoms in total. The zero-order valence-electron chi connectivity index (χ0n) is 7.42. The first-order valence-corrected chi connectivity index (χ1v) is 4.44. The van der Waals surface area contributed by atoms with Gasteiger partial charge in [-0.25, -0.2) is 0 Å². The van der Waals surface area contributed by atoms with Crippen LogP contribution in [-0.2, 0) is 0 Å². The van der Waals surface area contributed by atoms with E-state index in [1.165, 1.54) is 32.5 Å². The first-order chi connectivity index (χ1) is 5.33. The van der Waals surface area contributed by atoms with Crippen LogP contribution in [-0.4, -0.2) is 49.7 Å². The van der Waals surface area contributed by atoms with E-state index >= 15 is 0 Å². The first-order valence-electron chi connectivity index (χ1n) is 4.44. The summed E-state index contributed by atoms with van der Waals surface area (Å²) in [6.45, 7) is 5.55. The van der Waals surface area contributed by atoms with Gasteiger partial charge in [0.1, 0.15) is 0 Å². The van der Waals surface area contributed by atoms with Crippen molar-refractivity contribution in [3.63, 3.8) is 0 Å². The first kappa shape index (κ1) is 8.97. The van der Waals surface area contributed by atoms with E-state index < -0.39 is 0 Å². The van der Waals surface area contributed by atoms with E-state index in [1.807, 2.05) is 0 Å². The van der Waals surface area contributed by atoms with Gasteiger partial charge in [0.05, 0.1) is 0 Å². The van der Waals surface area contributed by atoms with Gasteiger partial charge in [-0.3, -0.25) is 4.90 Å². The summed E-state index contributed by atoms with van der Waals surface area (Å²) in [4.78, 5) is 4.66. The number of hydrogen-bond donors (Lipinski definition) is 1. The maximum absolute atomic E-state index is 5.46. The molecule has 1 heterocycles. The number of likely N-dealkylation sites (N-methyl/N-ethyl adjacent to an activating group) is 1. The minimum Gasteiger partial charge on any atom is -0.318 e. The SMILES string of the molecule is CN(CN)CCN1CCCC1. The van der Waals surface area contributed by atoms with Gasteiger partial charge in [-0.1, -0.05) is 0 Å². The summed E-state index contributed by atoms with van der Waals surface area (Å²) in [6, 6.07) is 0. The maximum Gasteiger partial charge on any atom is 0.0452 e. The Bertz CT molecular complexity index is 99.5. The number of nitrogens with two attached hydrogens (primary N) is 1. The highest BCUT2D eigenvalue weighted by Gasteiger charge is 2.10. The highest BCUT2D eigenvalue weighted by molar-refractivity contribution is 4.66. The van der Waals surface area contributed by atoms with Crippen molar-refractivity contribution in [2.45, 2.75) is 12.8 Å². The van der Waals surface area contributed by atoms with Crippen molar-refractivity contribution in [2.24, 2.45) is 5.73 Å². The summed E-state index contributed by atoms with van der Waals surface area (Å²) in [6.07, 6.45) is 2.76. The average molecular weight is 157 g/mol. The summed E-state index contributed by atoms with van der Waals surface area (Å²) < 4.78 is 0. The quantitative estimate of drug-likeness (QED) is 0.580. The Morgan fingerprint density at radius 2 is 2.00 bits per heavy atom. The molecule has 0 spiro atoms. The molecule has 1 rings (SSSR count). The number of rotatable bonds is 4. The van der Waals surface area contributed by atoms with Gasteiger partial charge in [0.15, 0.2) is 0 Å². The van der Waals surface area contributed by atoms with Crippen LogP contribution in [0.5, 0.6) is 0 Å². The van der Waals surface area contributed by atoms with Crippen molar-refractivity contribution in [1.82, 2.24) is 9.80 Å². The zero-order chi connectivity index (χ0) is 8.10. The van der Waals surface area contributed by atoms with Crippen molar-refractivity contribution in [3.05, 3.63) is 0 Å². The molecule has 1 saturated heterocycles. The van der Waals surface area contributed by atoms with Crippen molar-refractivity contribution in [2.75, 3.05) is 39.9 Å². The number of nitrogens with zero attached hydrogens (tertiary/aromatic N) is 2. The predicted molar refractivity (Wildman–Crippen MR) is 47.4 cm³/mol. The molecule has 3 heteroatoms. The molecule has 0 atom stereocenters. The number of likely N-dealkylation sites (tertiary alicyclic amines) is 1. The molecule has 2 N–H and O–H groups in total. The van der Waals surface area contributed by atoms with Crippen LogP contribution < -0.4 is 5.73 Å². The molecule has 0 saturated carbocycles. The van der Waals surface area contributed by atoms with Crippen molar-refractivity contribution >= 4 is 0 Å². The van der Waals surface area contributed by atoms with Gasteiger partial charge in [0, 0.05) is 19.8 Å². The zero-order valence-corrected chi connectivity index (χ0v) is 7.42. The van der Waals surface area contributed by atoms with E-state index in [4.69, 9.17) is 5.73 Å². The molecule has 0 bridgehead atoms. The summed E-state index contributed by atoms with van der Waals surface area (Å²) >= 11 is 0. The van der Waals surface area contributed by atoms with Crippen LogP contribution >= 0.6 is 0 Å². The van der Waals surface area contributed by atoms with E-state index in [1.54, 1.807) is 0 Å². The van der Waals surface area contributed by atoms with Crippen LogP contribution in [0.15, 0.2) is 0 Å². The Labute approximate surface area is 69.1 Å². The van der Waals surface area contributed by atoms with Crippen LogP contribution in [0.4, 0.5) is 0 Å². The average Bonchev–Trinajstić information content (AvgIpc) is 2.52. The molecular formula is C8H19N3. The second-order valence-electron chi connectivity index (χ2n) is 3.31. The lowest BCUT2D eigenvalue weighted by Crippen LogP contribution is -2.34. The maximum atomic E-state index is 5.46. The van der Waals surface area contributed by atoms with Crippen LogP contribution in [0.1, 0.15) is 12.8 Å². The van der Waals surface area contributed by atoms with Crippen molar-refractivity contribution in [3.8, 4) is 0 Å². The molecule has 1 aliphatic heterocycles. The van der Waals surface area contributed by atoms with Gasteiger partial charge in [-0.2, -0.15) is 0 Å². The minimum absolute atomic E-state index is 0.674. The van der Waals surface area contributed by atoms with E-state index in [0.717, 1.165) is 6.54 Å². The van der Waals surface area contributed by atoms with E-state index in [2.05, 4.69) is 16.8 Å². The molecule has 66 valence electrons. The molecular weight excluding hydrogens is 138 g/mol. The van der Waals surface area contributed by atoms with Gasteiger partial charge in [0.25, 0.3) is 0 Å². The Balaban J connectivity index is 2.01. The molecule has 0 unspecified atom stereocenters. The fourth-order valence-electron chi connectivity index (χ4n) is 1.41. The third kappa shape index (κ3) is 3.18. The van der Waals surface area contributed by atoms with Crippen LogP contribution in [0, 0.1) is 0 Å². The molecule has 1 aliphatic rings. The fraction of sp³-hybridized carbons (Fsp3) is 1.00. The summed E-state index contributed by atoms with van der Waals surface area (Å²) in [7, 11) is 2.07. The van der Waals surface area contributed by atoms with Crippen LogP contribution in [0.3, 0.4) is 0 Å². The third-order valence-electron chi connectivity index (χ3n) is 2.31. The summed E-state index contributed by atoms with van der Waals surface area (Å²) in [5.74, 6) is 0. The van der Waals surface area contributed by atoms with Gasteiger partial charge >= 0.3 is 0 Å². The fourth-order valence-corrected chi connectivity index (χ4v) is 1.41. The normalized spacial score (nSPS) is 19.9. The Kier molecular flexibility index (Phi) is 3.83. The molecule has 0 radical (unpaired) electrons. The monoisotopic (exact) mass is 157 g/mol. The minimum atomic E-state index is 0.674.